The first-order valence-corrected chi connectivity index (χ1v) is 7.83. The van der Waals surface area contributed by atoms with Crippen molar-refractivity contribution in [3.8, 4) is 22.0 Å². The number of hydrogen-bond acceptors (Lipinski definition) is 4. The normalized spacial score (nSPS) is 10.8. The zero-order chi connectivity index (χ0) is 15.0. The third kappa shape index (κ3) is 2.88. The van der Waals surface area contributed by atoms with E-state index in [0.29, 0.717) is 16.5 Å². The van der Waals surface area contributed by atoms with Crippen molar-refractivity contribution in [1.29, 1.82) is 0 Å². The summed E-state index contributed by atoms with van der Waals surface area (Å²) in [5, 5.41) is 12.1. The maximum Gasteiger partial charge on any atom is 0.338 e. The maximum absolute atomic E-state index is 10.8. The lowest BCUT2D eigenvalue weighted by molar-refractivity contribution is 0.0696. The van der Waals surface area contributed by atoms with Crippen molar-refractivity contribution in [1.82, 2.24) is 4.98 Å². The van der Waals surface area contributed by atoms with E-state index >= 15 is 0 Å². The van der Waals surface area contributed by atoms with Crippen molar-refractivity contribution in [2.45, 2.75) is 0 Å². The molecule has 0 unspecified atom stereocenters. The lowest BCUT2D eigenvalue weighted by Crippen LogP contribution is -1.91. The Bertz CT molecular complexity index is 827. The predicted octanol–water partition coefficient (Wildman–Crippen LogP) is 5.18. The van der Waals surface area contributed by atoms with Gasteiger partial charge in [0.05, 0.1) is 10.6 Å². The molecule has 3 rings (SSSR count). The highest BCUT2D eigenvalue weighted by molar-refractivity contribution is 9.10. The van der Waals surface area contributed by atoms with Crippen molar-refractivity contribution in [2.75, 3.05) is 0 Å². The molecule has 7 heteroatoms. The average Bonchev–Trinajstić information content (AvgIpc) is 3.09. The van der Waals surface area contributed by atoms with Gasteiger partial charge in [0.1, 0.15) is 17.0 Å². The van der Waals surface area contributed by atoms with E-state index in [4.69, 9.17) is 21.1 Å². The van der Waals surface area contributed by atoms with Gasteiger partial charge in [-0.3, -0.25) is 0 Å². The van der Waals surface area contributed by atoms with Crippen LogP contribution in [0.15, 0.2) is 44.8 Å². The van der Waals surface area contributed by atoms with Gasteiger partial charge in [-0.1, -0.05) is 17.7 Å². The van der Waals surface area contributed by atoms with Crippen molar-refractivity contribution >= 4 is 44.8 Å². The monoisotopic (exact) mass is 383 g/mol. The molecule has 0 amide bonds. The number of carboxylic acids is 1. The molecule has 106 valence electrons. The molecule has 4 nitrogen and oxygen atoms in total. The van der Waals surface area contributed by atoms with Gasteiger partial charge in [-0.25, -0.2) is 9.78 Å². The molecule has 21 heavy (non-hydrogen) atoms. The van der Waals surface area contributed by atoms with E-state index in [1.807, 2.05) is 17.5 Å². The molecule has 0 spiro atoms. The average molecular weight is 385 g/mol. The number of nitrogens with zero attached hydrogens (tertiary/aromatic N) is 1. The van der Waals surface area contributed by atoms with Crippen molar-refractivity contribution in [2.24, 2.45) is 0 Å². The summed E-state index contributed by atoms with van der Waals surface area (Å²) in [5.41, 5.74) is 1.63. The zero-order valence-electron chi connectivity index (χ0n) is 10.3. The summed E-state index contributed by atoms with van der Waals surface area (Å²) in [6.07, 6.45) is 1.20. The molecule has 0 fully saturated rings. The van der Waals surface area contributed by atoms with E-state index in [1.54, 1.807) is 6.07 Å². The summed E-state index contributed by atoms with van der Waals surface area (Å²) >= 11 is 10.8. The van der Waals surface area contributed by atoms with Crippen molar-refractivity contribution in [3.63, 3.8) is 0 Å². The second-order valence-corrected chi connectivity index (χ2v) is 6.29. The Hall–Kier alpha value is -1.63. The fourth-order valence-electron chi connectivity index (χ4n) is 1.73. The Kier molecular flexibility index (Phi) is 3.84. The fourth-order valence-corrected chi connectivity index (χ4v) is 3.03. The van der Waals surface area contributed by atoms with Crippen LogP contribution >= 0.6 is 38.9 Å². The number of carboxylic acid groups (broad SMARTS) is 1. The van der Waals surface area contributed by atoms with Crippen LogP contribution in [0.4, 0.5) is 0 Å². The third-order valence-electron chi connectivity index (χ3n) is 2.77. The van der Waals surface area contributed by atoms with E-state index < -0.39 is 5.97 Å². The Morgan fingerprint density at radius 2 is 2.19 bits per heavy atom. The zero-order valence-corrected chi connectivity index (χ0v) is 13.5. The van der Waals surface area contributed by atoms with Gasteiger partial charge >= 0.3 is 5.97 Å². The Morgan fingerprint density at radius 1 is 1.38 bits per heavy atom. The first-order valence-electron chi connectivity index (χ1n) is 5.78. The van der Waals surface area contributed by atoms with Crippen LogP contribution in [0.5, 0.6) is 0 Å². The van der Waals surface area contributed by atoms with E-state index in [2.05, 4.69) is 20.9 Å². The van der Waals surface area contributed by atoms with Crippen LogP contribution in [0.2, 0.25) is 5.02 Å². The van der Waals surface area contributed by atoms with Gasteiger partial charge in [-0.15, -0.1) is 11.3 Å². The van der Waals surface area contributed by atoms with E-state index in [1.165, 1.54) is 23.7 Å². The highest BCUT2D eigenvalue weighted by atomic mass is 79.9. The summed E-state index contributed by atoms with van der Waals surface area (Å²) in [4.78, 5) is 15.3. The topological polar surface area (TPSA) is 63.3 Å². The molecule has 0 saturated carbocycles. The highest BCUT2D eigenvalue weighted by Gasteiger charge is 2.13. The van der Waals surface area contributed by atoms with Gasteiger partial charge in [0.2, 0.25) is 0 Å². The number of rotatable bonds is 3. The van der Waals surface area contributed by atoms with Crippen LogP contribution in [-0.4, -0.2) is 16.1 Å². The smallest absolute Gasteiger partial charge is 0.338 e. The first-order chi connectivity index (χ1) is 10.0. The summed E-state index contributed by atoms with van der Waals surface area (Å²) < 4.78 is 6.03. The number of aromatic nitrogens is 1. The molecule has 1 N–H and O–H groups in total. The van der Waals surface area contributed by atoms with Crippen LogP contribution in [-0.2, 0) is 0 Å². The second kappa shape index (κ2) is 5.63. The number of furan rings is 1. The molecule has 0 atom stereocenters. The predicted molar refractivity (Wildman–Crippen MR) is 84.9 cm³/mol. The van der Waals surface area contributed by atoms with Gasteiger partial charge < -0.3 is 9.52 Å². The minimum Gasteiger partial charge on any atom is -0.478 e. The third-order valence-corrected chi connectivity index (χ3v) is 4.87. The summed E-state index contributed by atoms with van der Waals surface area (Å²) in [5.74, 6) is -0.593. The SMILES string of the molecule is O=C(O)c1coc(-c2csc(-c3ccc(Cl)c(Br)c3)n2)c1. The summed E-state index contributed by atoms with van der Waals surface area (Å²) in [6.45, 7) is 0. The quantitative estimate of drug-likeness (QED) is 0.675. The lowest BCUT2D eigenvalue weighted by atomic mass is 10.2. The number of carbonyl (C=O) groups is 1. The molecule has 0 radical (unpaired) electrons. The Morgan fingerprint density at radius 3 is 2.86 bits per heavy atom. The van der Waals surface area contributed by atoms with E-state index in [-0.39, 0.29) is 5.56 Å². The highest BCUT2D eigenvalue weighted by Crippen LogP contribution is 2.33. The van der Waals surface area contributed by atoms with Gasteiger partial charge in [0.15, 0.2) is 5.76 Å². The number of benzene rings is 1. The number of aromatic carboxylic acids is 1. The van der Waals surface area contributed by atoms with E-state index in [0.717, 1.165) is 15.0 Å². The van der Waals surface area contributed by atoms with Gasteiger partial charge in [-0.2, -0.15) is 0 Å². The molecule has 2 aromatic heterocycles. The van der Waals surface area contributed by atoms with Crippen LogP contribution in [0.25, 0.3) is 22.0 Å². The first kappa shape index (κ1) is 14.3. The number of hydrogen-bond donors (Lipinski definition) is 1. The molecule has 0 saturated heterocycles. The molecule has 2 heterocycles. The molecule has 3 aromatic rings. The maximum atomic E-state index is 10.8. The largest absolute Gasteiger partial charge is 0.478 e. The fraction of sp³-hybridized carbons (Fsp3) is 0. The second-order valence-electron chi connectivity index (χ2n) is 4.17. The minimum atomic E-state index is -1.03. The van der Waals surface area contributed by atoms with Crippen molar-refractivity contribution in [3.05, 3.63) is 51.0 Å². The minimum absolute atomic E-state index is 0.105. The Balaban J connectivity index is 1.95. The van der Waals surface area contributed by atoms with Crippen LogP contribution < -0.4 is 0 Å². The van der Waals surface area contributed by atoms with E-state index in [9.17, 15) is 4.79 Å². The van der Waals surface area contributed by atoms with Gasteiger partial charge in [0.25, 0.3) is 0 Å². The molecule has 0 aliphatic heterocycles. The lowest BCUT2D eigenvalue weighted by Gasteiger charge is -1.99. The number of halogens is 2. The van der Waals surface area contributed by atoms with Crippen molar-refractivity contribution < 1.29 is 14.3 Å². The molecular formula is C14H7BrClNO3S. The van der Waals surface area contributed by atoms with Crippen LogP contribution in [0.1, 0.15) is 10.4 Å². The standard InChI is InChI=1S/C14H7BrClNO3S/c15-9-3-7(1-2-10(9)16)13-17-11(6-21-13)12-4-8(5-20-12)14(18)19/h1-6H,(H,18,19). The van der Waals surface area contributed by atoms with Crippen LogP contribution in [0.3, 0.4) is 0 Å². The summed E-state index contributed by atoms with van der Waals surface area (Å²) in [6, 6.07) is 7.01. The molecule has 1 aromatic carbocycles. The molecule has 0 aliphatic carbocycles. The molecule has 0 aliphatic rings. The molecule has 0 bridgehead atoms. The number of thiazole rings is 1. The van der Waals surface area contributed by atoms with Gasteiger partial charge in [0, 0.05) is 21.5 Å². The summed E-state index contributed by atoms with van der Waals surface area (Å²) in [7, 11) is 0. The molecular weight excluding hydrogens is 378 g/mol. The van der Waals surface area contributed by atoms with Gasteiger partial charge in [-0.05, 0) is 28.1 Å². The van der Waals surface area contributed by atoms with Crippen LogP contribution in [0, 0.1) is 0 Å². The Labute approximate surface area is 137 Å².